The predicted molar refractivity (Wildman–Crippen MR) is 87.0 cm³/mol. The van der Waals surface area contributed by atoms with E-state index in [9.17, 15) is 26.3 Å². The van der Waals surface area contributed by atoms with E-state index in [1.165, 1.54) is 6.92 Å². The molecule has 0 saturated carbocycles. The Kier molecular flexibility index (Phi) is 8.90. The minimum Gasteiger partial charge on any atom is -0.481 e. The van der Waals surface area contributed by atoms with Gasteiger partial charge in [-0.15, -0.1) is 12.1 Å². The zero-order valence-corrected chi connectivity index (χ0v) is 18.7. The van der Waals surface area contributed by atoms with Crippen LogP contribution in [-0.4, -0.2) is 20.9 Å². The maximum absolute atomic E-state index is 13.9. The van der Waals surface area contributed by atoms with Crippen LogP contribution in [0.15, 0.2) is 24.3 Å². The molecular formula is C18H13F6KN2O2. The molecule has 3 rings (SSSR count). The monoisotopic (exact) mass is 442 g/mol. The second-order valence-corrected chi connectivity index (χ2v) is 5.70. The van der Waals surface area contributed by atoms with Crippen molar-refractivity contribution in [2.24, 2.45) is 0 Å². The van der Waals surface area contributed by atoms with Gasteiger partial charge < -0.3 is 9.79 Å². The summed E-state index contributed by atoms with van der Waals surface area (Å²) in [4.78, 5) is 9.00. The summed E-state index contributed by atoms with van der Waals surface area (Å²) in [6.07, 6.45) is -4.75. The van der Waals surface area contributed by atoms with Gasteiger partial charge in [0.15, 0.2) is 0 Å². The van der Waals surface area contributed by atoms with Crippen LogP contribution in [0.4, 0.5) is 26.3 Å². The first-order valence-electron chi connectivity index (χ1n) is 7.70. The van der Waals surface area contributed by atoms with Crippen molar-refractivity contribution >= 4 is 16.9 Å². The molecule has 2 aromatic carbocycles. The van der Waals surface area contributed by atoms with Crippen LogP contribution in [0.5, 0.6) is 0 Å². The average Bonchev–Trinajstić information content (AvgIpc) is 2.87. The van der Waals surface area contributed by atoms with Gasteiger partial charge in [-0.05, 0) is 24.6 Å². The van der Waals surface area contributed by atoms with Gasteiger partial charge in [0.2, 0.25) is 0 Å². The molecule has 0 aliphatic rings. The smallest absolute Gasteiger partial charge is 0.481 e. The van der Waals surface area contributed by atoms with Crippen molar-refractivity contribution < 1.29 is 87.6 Å². The summed E-state index contributed by atoms with van der Waals surface area (Å²) in [5.41, 5.74) is -1.66. The minimum absolute atomic E-state index is 0. The standard InChI is InChI=1S/C16H9F6N2.C2H4O2.K/c1-8-14-13(6-5-12(18)15(14)19)24(23-8)7-9-10(16(20,21)22)3-2-4-11(9)17;1-2(3)4;/h2-4,6H,7H2,1H3;1H3,(H,3,4);/q-1;;+1. The summed E-state index contributed by atoms with van der Waals surface area (Å²) in [6, 6.07) is 5.70. The fourth-order valence-electron chi connectivity index (χ4n) is 2.58. The first-order valence-corrected chi connectivity index (χ1v) is 7.70. The van der Waals surface area contributed by atoms with Gasteiger partial charge in [-0.25, -0.2) is 8.78 Å². The van der Waals surface area contributed by atoms with Crippen molar-refractivity contribution in [2.75, 3.05) is 0 Å². The number of aryl methyl sites for hydroxylation is 1. The molecule has 0 spiro atoms. The first-order chi connectivity index (χ1) is 12.9. The van der Waals surface area contributed by atoms with E-state index in [-0.39, 0.29) is 68.0 Å². The molecule has 3 aromatic rings. The van der Waals surface area contributed by atoms with Crippen LogP contribution in [0.2, 0.25) is 0 Å². The number of aliphatic carboxylic acids is 1. The van der Waals surface area contributed by atoms with Crippen molar-refractivity contribution in [3.8, 4) is 0 Å². The summed E-state index contributed by atoms with van der Waals surface area (Å²) in [5.74, 6) is -4.30. The van der Waals surface area contributed by atoms with Crippen molar-refractivity contribution in [2.45, 2.75) is 26.6 Å². The molecule has 0 saturated heterocycles. The molecular weight excluding hydrogens is 429 g/mol. The van der Waals surface area contributed by atoms with E-state index in [1.54, 1.807) is 0 Å². The molecule has 1 heterocycles. The van der Waals surface area contributed by atoms with E-state index in [4.69, 9.17) is 9.90 Å². The number of carbonyl (C=O) groups is 1. The number of carboxylic acids is 1. The van der Waals surface area contributed by atoms with Crippen LogP contribution in [0.1, 0.15) is 23.7 Å². The molecule has 0 unspecified atom stereocenters. The molecule has 0 amide bonds. The second-order valence-electron chi connectivity index (χ2n) is 5.70. The zero-order valence-electron chi connectivity index (χ0n) is 15.5. The van der Waals surface area contributed by atoms with Gasteiger partial charge in [0.25, 0.3) is 5.97 Å². The molecule has 1 N–H and O–H groups in total. The molecule has 0 bridgehead atoms. The van der Waals surface area contributed by atoms with Crippen LogP contribution >= 0.6 is 0 Å². The van der Waals surface area contributed by atoms with Gasteiger partial charge in [0.05, 0.1) is 17.9 Å². The summed E-state index contributed by atoms with van der Waals surface area (Å²) in [7, 11) is 0. The third kappa shape index (κ3) is 6.04. The van der Waals surface area contributed by atoms with E-state index < -0.39 is 47.3 Å². The molecule has 4 nitrogen and oxygen atoms in total. The number of hydrogen-bond donors (Lipinski definition) is 1. The fourth-order valence-corrected chi connectivity index (χ4v) is 2.58. The van der Waals surface area contributed by atoms with Gasteiger partial charge in [-0.3, -0.25) is 9.18 Å². The van der Waals surface area contributed by atoms with Crippen LogP contribution < -0.4 is 51.4 Å². The number of nitrogens with zero attached hydrogens (tertiary/aromatic N) is 2. The molecule has 0 aliphatic heterocycles. The van der Waals surface area contributed by atoms with Gasteiger partial charge in [-0.1, -0.05) is 11.5 Å². The van der Waals surface area contributed by atoms with E-state index in [0.717, 1.165) is 35.9 Å². The van der Waals surface area contributed by atoms with Crippen LogP contribution in [0, 0.1) is 30.4 Å². The Labute approximate surface area is 203 Å². The zero-order chi connectivity index (χ0) is 21.2. The maximum Gasteiger partial charge on any atom is 1.00 e. The quantitative estimate of drug-likeness (QED) is 0.374. The maximum atomic E-state index is 13.9. The van der Waals surface area contributed by atoms with E-state index in [1.807, 2.05) is 6.07 Å². The SMILES string of the molecule is CC(=O)O.Cc1nn(Cc2c(F)cccc2C(F)(F)F)c2c[c-]c(F)c(F)c12.[K+]. The van der Waals surface area contributed by atoms with Crippen LogP contribution in [-0.2, 0) is 17.5 Å². The number of aromatic nitrogens is 2. The Bertz CT molecular complexity index is 1030. The van der Waals surface area contributed by atoms with E-state index in [0.29, 0.717) is 0 Å². The van der Waals surface area contributed by atoms with Crippen LogP contribution in [0.25, 0.3) is 10.9 Å². The molecule has 0 radical (unpaired) electrons. The van der Waals surface area contributed by atoms with Gasteiger partial charge >= 0.3 is 57.6 Å². The number of halogens is 6. The Hall–Kier alpha value is -1.40. The Morgan fingerprint density at radius 2 is 1.83 bits per heavy atom. The third-order valence-corrected chi connectivity index (χ3v) is 3.65. The largest absolute Gasteiger partial charge is 1.00 e. The van der Waals surface area contributed by atoms with Crippen molar-refractivity contribution in [1.29, 1.82) is 0 Å². The normalized spacial score (nSPS) is 10.9. The van der Waals surface area contributed by atoms with Gasteiger partial charge in [0.1, 0.15) is 5.82 Å². The second kappa shape index (κ2) is 10.1. The molecule has 0 fully saturated rings. The first kappa shape index (κ1) is 25.6. The van der Waals surface area contributed by atoms with E-state index >= 15 is 0 Å². The molecule has 0 aliphatic carbocycles. The van der Waals surface area contributed by atoms with E-state index in [2.05, 4.69) is 5.10 Å². The molecule has 29 heavy (non-hydrogen) atoms. The predicted octanol–water partition coefficient (Wildman–Crippen LogP) is 1.72. The van der Waals surface area contributed by atoms with Crippen molar-refractivity contribution in [3.05, 3.63) is 64.6 Å². The summed E-state index contributed by atoms with van der Waals surface area (Å²) in [5, 5.41) is 11.2. The van der Waals surface area contributed by atoms with Crippen molar-refractivity contribution in [3.63, 3.8) is 0 Å². The number of hydrogen-bond acceptors (Lipinski definition) is 2. The van der Waals surface area contributed by atoms with Gasteiger partial charge in [-0.2, -0.15) is 18.3 Å². The van der Waals surface area contributed by atoms with Gasteiger partial charge in [0, 0.05) is 24.0 Å². The van der Waals surface area contributed by atoms with Crippen molar-refractivity contribution in [1.82, 2.24) is 9.78 Å². The number of carboxylic acid groups (broad SMARTS) is 1. The number of fused-ring (bicyclic) bond motifs is 1. The summed E-state index contributed by atoms with van der Waals surface area (Å²) >= 11 is 0. The van der Waals surface area contributed by atoms with Crippen LogP contribution in [0.3, 0.4) is 0 Å². The summed E-state index contributed by atoms with van der Waals surface area (Å²) < 4.78 is 81.2. The number of benzene rings is 2. The molecule has 11 heteroatoms. The molecule has 1 aromatic heterocycles. The third-order valence-electron chi connectivity index (χ3n) is 3.65. The number of rotatable bonds is 2. The fraction of sp³-hybridized carbons (Fsp3) is 0.222. The summed E-state index contributed by atoms with van der Waals surface area (Å²) in [6.45, 7) is 1.89. The Morgan fingerprint density at radius 1 is 1.24 bits per heavy atom. The number of alkyl halides is 3. The minimum atomic E-state index is -4.75. The topological polar surface area (TPSA) is 55.1 Å². The molecule has 0 atom stereocenters. The molecule has 150 valence electrons. The Balaban J connectivity index is 0.000000771. The average molecular weight is 442 g/mol. The Morgan fingerprint density at radius 3 is 2.38 bits per heavy atom.